The van der Waals surface area contributed by atoms with Gasteiger partial charge < -0.3 is 30.6 Å². The first-order chi connectivity index (χ1) is 12.4. The summed E-state index contributed by atoms with van der Waals surface area (Å²) >= 11 is 0. The van der Waals surface area contributed by atoms with Crippen molar-refractivity contribution in [3.8, 4) is 0 Å². The fourth-order valence-corrected chi connectivity index (χ4v) is 3.42. The van der Waals surface area contributed by atoms with Gasteiger partial charge in [0.1, 0.15) is 11.9 Å². The number of nitrogens with zero attached hydrogens (tertiary/aromatic N) is 5. The molecule has 0 aromatic carbocycles. The van der Waals surface area contributed by atoms with Crippen LogP contribution in [0.2, 0.25) is 0 Å². The minimum Gasteiger partial charge on any atom is -0.394 e. The van der Waals surface area contributed by atoms with Crippen LogP contribution in [0.5, 0.6) is 0 Å². The van der Waals surface area contributed by atoms with Gasteiger partial charge in [0.15, 0.2) is 0 Å². The maximum Gasteiger partial charge on any atom is 0.242 e. The molecule has 0 radical (unpaired) electrons. The quantitative estimate of drug-likeness (QED) is 0.580. The van der Waals surface area contributed by atoms with Gasteiger partial charge in [-0.15, -0.1) is 24.8 Å². The van der Waals surface area contributed by atoms with Gasteiger partial charge in [-0.2, -0.15) is 4.98 Å². The number of piperidine rings is 1. The first kappa shape index (κ1) is 24.6. The van der Waals surface area contributed by atoms with E-state index >= 15 is 0 Å². The van der Waals surface area contributed by atoms with Crippen LogP contribution in [-0.4, -0.2) is 83.5 Å². The van der Waals surface area contributed by atoms with E-state index in [1.54, 1.807) is 4.90 Å². The molecule has 28 heavy (non-hydrogen) atoms. The molecule has 1 fully saturated rings. The average molecular weight is 437 g/mol. The SMILES string of the molecule is CN(C)c1nc2c(c(N3CCC(O)CC3)n1)CN(C(=O)[C@@H](N)CO)CC2.Cl.Cl. The Hall–Kier alpha value is -1.39. The molecular weight excluding hydrogens is 407 g/mol. The molecule has 1 amide bonds. The molecule has 1 aromatic rings. The number of aliphatic hydroxyl groups is 2. The maximum absolute atomic E-state index is 12.4. The zero-order valence-electron chi connectivity index (χ0n) is 16.2. The number of aliphatic hydroxyl groups excluding tert-OH is 2. The zero-order chi connectivity index (χ0) is 18.8. The summed E-state index contributed by atoms with van der Waals surface area (Å²) < 4.78 is 0. The van der Waals surface area contributed by atoms with Gasteiger partial charge >= 0.3 is 0 Å². The Morgan fingerprint density at radius 3 is 2.46 bits per heavy atom. The Labute approximate surface area is 177 Å². The van der Waals surface area contributed by atoms with Crippen LogP contribution in [0, 0.1) is 0 Å². The summed E-state index contributed by atoms with van der Waals surface area (Å²) in [5.74, 6) is 1.23. The minimum atomic E-state index is -0.896. The number of halogens is 2. The minimum absolute atomic E-state index is 0. The second-order valence-electron chi connectivity index (χ2n) is 7.18. The van der Waals surface area contributed by atoms with Crippen molar-refractivity contribution in [2.24, 2.45) is 5.73 Å². The molecule has 11 heteroatoms. The van der Waals surface area contributed by atoms with Crippen molar-refractivity contribution in [1.82, 2.24) is 14.9 Å². The second-order valence-corrected chi connectivity index (χ2v) is 7.18. The predicted molar refractivity (Wildman–Crippen MR) is 112 cm³/mol. The third kappa shape index (κ3) is 5.15. The molecule has 2 aliphatic heterocycles. The highest BCUT2D eigenvalue weighted by Crippen LogP contribution is 2.30. The third-order valence-corrected chi connectivity index (χ3v) is 5.02. The molecule has 3 rings (SSSR count). The van der Waals surface area contributed by atoms with Crippen molar-refractivity contribution in [2.45, 2.75) is 38.0 Å². The summed E-state index contributed by atoms with van der Waals surface area (Å²) in [5, 5.41) is 19.0. The number of amides is 1. The third-order valence-electron chi connectivity index (χ3n) is 5.02. The normalized spacial score (nSPS) is 17.9. The van der Waals surface area contributed by atoms with Crippen molar-refractivity contribution < 1.29 is 15.0 Å². The van der Waals surface area contributed by atoms with Crippen LogP contribution < -0.4 is 15.5 Å². The molecule has 0 unspecified atom stereocenters. The van der Waals surface area contributed by atoms with Crippen LogP contribution in [0.3, 0.4) is 0 Å². The average Bonchev–Trinajstić information content (AvgIpc) is 2.66. The summed E-state index contributed by atoms with van der Waals surface area (Å²) in [5.41, 5.74) is 7.60. The van der Waals surface area contributed by atoms with Gasteiger partial charge in [0.05, 0.1) is 24.9 Å². The highest BCUT2D eigenvalue weighted by Gasteiger charge is 2.30. The van der Waals surface area contributed by atoms with Gasteiger partial charge in [-0.05, 0) is 12.8 Å². The monoisotopic (exact) mass is 436 g/mol. The topological polar surface area (TPSA) is 119 Å². The number of hydrogen-bond acceptors (Lipinski definition) is 8. The lowest BCUT2D eigenvalue weighted by atomic mass is 10.0. The highest BCUT2D eigenvalue weighted by molar-refractivity contribution is 5.85. The van der Waals surface area contributed by atoms with Crippen LogP contribution in [-0.2, 0) is 17.8 Å². The Bertz CT molecular complexity index is 671. The van der Waals surface area contributed by atoms with Gasteiger partial charge in [0.25, 0.3) is 0 Å². The van der Waals surface area contributed by atoms with E-state index in [0.717, 1.165) is 30.2 Å². The van der Waals surface area contributed by atoms with Gasteiger partial charge in [-0.25, -0.2) is 4.98 Å². The van der Waals surface area contributed by atoms with Crippen LogP contribution >= 0.6 is 24.8 Å². The van der Waals surface area contributed by atoms with E-state index in [1.807, 2.05) is 19.0 Å². The van der Waals surface area contributed by atoms with E-state index in [0.29, 0.717) is 38.3 Å². The van der Waals surface area contributed by atoms with E-state index < -0.39 is 6.04 Å². The first-order valence-corrected chi connectivity index (χ1v) is 9.06. The fourth-order valence-electron chi connectivity index (χ4n) is 3.42. The van der Waals surface area contributed by atoms with Crippen LogP contribution in [0.15, 0.2) is 0 Å². The van der Waals surface area contributed by atoms with E-state index in [1.165, 1.54) is 0 Å². The van der Waals surface area contributed by atoms with Crippen molar-refractivity contribution in [3.05, 3.63) is 11.3 Å². The van der Waals surface area contributed by atoms with Crippen LogP contribution in [0.25, 0.3) is 0 Å². The molecule has 0 spiro atoms. The van der Waals surface area contributed by atoms with E-state index in [4.69, 9.17) is 10.7 Å². The first-order valence-electron chi connectivity index (χ1n) is 9.06. The summed E-state index contributed by atoms with van der Waals surface area (Å²) in [6.07, 6.45) is 1.77. The van der Waals surface area contributed by atoms with Crippen molar-refractivity contribution >= 4 is 42.5 Å². The van der Waals surface area contributed by atoms with Crippen molar-refractivity contribution in [1.29, 1.82) is 0 Å². The summed E-state index contributed by atoms with van der Waals surface area (Å²) in [6, 6.07) is -0.896. The van der Waals surface area contributed by atoms with Crippen molar-refractivity contribution in [3.63, 3.8) is 0 Å². The molecule has 0 aliphatic carbocycles. The Kier molecular flexibility index (Phi) is 9.16. The van der Waals surface area contributed by atoms with E-state index in [2.05, 4.69) is 9.88 Å². The smallest absolute Gasteiger partial charge is 0.242 e. The maximum atomic E-state index is 12.4. The second kappa shape index (κ2) is 10.4. The Morgan fingerprint density at radius 1 is 1.25 bits per heavy atom. The summed E-state index contributed by atoms with van der Waals surface area (Å²) in [4.78, 5) is 27.5. The lowest BCUT2D eigenvalue weighted by Gasteiger charge is -2.36. The predicted octanol–water partition coefficient (Wildman–Crippen LogP) is -0.448. The number of carbonyl (C=O) groups excluding carboxylic acids is 1. The molecule has 160 valence electrons. The highest BCUT2D eigenvalue weighted by atomic mass is 35.5. The standard InChI is InChI=1S/C17H28N6O3.2ClH/c1-21(2)17-19-14-5-8-23(16(26)13(18)10-24)9-12(14)15(20-17)22-6-3-11(25)4-7-22;;/h11,13,24-25H,3-10,18H2,1-2H3;2*1H/t13-;;/m0../s1. The van der Waals surface area contributed by atoms with Crippen molar-refractivity contribution in [2.75, 3.05) is 50.1 Å². The number of hydrogen-bond donors (Lipinski definition) is 3. The van der Waals surface area contributed by atoms with Gasteiger partial charge in [0, 0.05) is 45.7 Å². The number of carbonyl (C=O) groups is 1. The van der Waals surface area contributed by atoms with E-state index in [-0.39, 0.29) is 43.4 Å². The molecule has 0 saturated carbocycles. The van der Waals surface area contributed by atoms with Crippen LogP contribution in [0.1, 0.15) is 24.1 Å². The molecular formula is C17H30Cl2N6O3. The number of fused-ring (bicyclic) bond motifs is 1. The molecule has 1 saturated heterocycles. The Balaban J connectivity index is 0.00000196. The largest absolute Gasteiger partial charge is 0.394 e. The number of nitrogens with two attached hydrogens (primary N) is 1. The molecule has 4 N–H and O–H groups in total. The Morgan fingerprint density at radius 2 is 1.89 bits per heavy atom. The van der Waals surface area contributed by atoms with Gasteiger partial charge in [-0.1, -0.05) is 0 Å². The van der Waals surface area contributed by atoms with E-state index in [9.17, 15) is 15.0 Å². The molecule has 2 aliphatic rings. The van der Waals surface area contributed by atoms with Gasteiger partial charge in [-0.3, -0.25) is 4.79 Å². The lowest BCUT2D eigenvalue weighted by molar-refractivity contribution is -0.134. The van der Waals surface area contributed by atoms with Gasteiger partial charge in [0.2, 0.25) is 11.9 Å². The number of anilines is 2. The fraction of sp³-hybridized carbons (Fsp3) is 0.706. The zero-order valence-corrected chi connectivity index (χ0v) is 17.9. The summed E-state index contributed by atoms with van der Waals surface area (Å²) in [6.45, 7) is 2.00. The van der Waals surface area contributed by atoms with Crippen LogP contribution in [0.4, 0.5) is 11.8 Å². The molecule has 1 atom stereocenters. The lowest BCUT2D eigenvalue weighted by Crippen LogP contribution is -2.48. The molecule has 9 nitrogen and oxygen atoms in total. The molecule has 1 aromatic heterocycles. The number of rotatable bonds is 4. The molecule has 3 heterocycles. The summed E-state index contributed by atoms with van der Waals surface area (Å²) in [7, 11) is 3.81. The molecule has 0 bridgehead atoms. The number of aromatic nitrogens is 2.